The second kappa shape index (κ2) is 5.85. The number of nitrogens with zero attached hydrogens (tertiary/aromatic N) is 2. The van der Waals surface area contributed by atoms with Crippen molar-refractivity contribution in [2.45, 2.75) is 57.8 Å². The summed E-state index contributed by atoms with van der Waals surface area (Å²) in [5, 5.41) is 0. The van der Waals surface area contributed by atoms with Crippen LogP contribution in [-0.4, -0.2) is 53.0 Å². The maximum absolute atomic E-state index is 12.5. The molecular formula is C14H21F3N2O2. The van der Waals surface area contributed by atoms with Crippen LogP contribution in [0.4, 0.5) is 13.2 Å². The Labute approximate surface area is 122 Å². The van der Waals surface area contributed by atoms with E-state index in [9.17, 15) is 22.8 Å². The second-order valence-electron chi connectivity index (χ2n) is 6.13. The molecule has 2 fully saturated rings. The van der Waals surface area contributed by atoms with Crippen LogP contribution >= 0.6 is 0 Å². The van der Waals surface area contributed by atoms with Crippen LogP contribution in [0.2, 0.25) is 0 Å². The van der Waals surface area contributed by atoms with Crippen molar-refractivity contribution in [2.75, 3.05) is 13.1 Å². The standard InChI is InChI=1S/C14H21F3N2O2/c1-9(2)19(11-3-4-11)12(20)10-5-7-18(8-6-10)13(21)14(15,16)17/h9-11H,3-8H2,1-2H3. The molecule has 0 radical (unpaired) electrons. The molecule has 4 nitrogen and oxygen atoms in total. The van der Waals surface area contributed by atoms with E-state index in [-0.39, 0.29) is 31.0 Å². The van der Waals surface area contributed by atoms with Crippen LogP contribution < -0.4 is 0 Å². The van der Waals surface area contributed by atoms with Crippen molar-refractivity contribution in [1.82, 2.24) is 9.80 Å². The molecule has 0 atom stereocenters. The molecule has 0 aromatic carbocycles. The van der Waals surface area contributed by atoms with Gasteiger partial charge in [0, 0.05) is 31.1 Å². The highest BCUT2D eigenvalue weighted by Gasteiger charge is 2.44. The van der Waals surface area contributed by atoms with Gasteiger partial charge in [-0.3, -0.25) is 9.59 Å². The Bertz CT molecular complexity index is 409. The van der Waals surface area contributed by atoms with Crippen LogP contribution in [0, 0.1) is 5.92 Å². The number of carbonyl (C=O) groups is 2. The van der Waals surface area contributed by atoms with E-state index in [1.165, 1.54) is 0 Å². The Kier molecular flexibility index (Phi) is 4.49. The van der Waals surface area contributed by atoms with Gasteiger partial charge < -0.3 is 9.80 Å². The highest BCUT2D eigenvalue weighted by molar-refractivity contribution is 5.83. The molecule has 7 heteroatoms. The quantitative estimate of drug-likeness (QED) is 0.802. The highest BCUT2D eigenvalue weighted by atomic mass is 19.4. The molecule has 2 aliphatic rings. The highest BCUT2D eigenvalue weighted by Crippen LogP contribution is 2.32. The lowest BCUT2D eigenvalue weighted by Crippen LogP contribution is -2.49. The zero-order valence-electron chi connectivity index (χ0n) is 12.3. The first-order chi connectivity index (χ1) is 9.71. The first-order valence-corrected chi connectivity index (χ1v) is 7.40. The van der Waals surface area contributed by atoms with Crippen LogP contribution in [-0.2, 0) is 9.59 Å². The number of piperidine rings is 1. The zero-order valence-corrected chi connectivity index (χ0v) is 12.3. The van der Waals surface area contributed by atoms with Crippen LogP contribution in [0.15, 0.2) is 0 Å². The smallest absolute Gasteiger partial charge is 0.337 e. The molecule has 120 valence electrons. The third-order valence-electron chi connectivity index (χ3n) is 4.13. The molecular weight excluding hydrogens is 285 g/mol. The lowest BCUT2D eigenvalue weighted by atomic mass is 9.94. The van der Waals surface area contributed by atoms with E-state index in [2.05, 4.69) is 0 Å². The summed E-state index contributed by atoms with van der Waals surface area (Å²) in [6.07, 6.45) is -2.17. The molecule has 21 heavy (non-hydrogen) atoms. The molecule has 0 bridgehead atoms. The summed E-state index contributed by atoms with van der Waals surface area (Å²) in [5.74, 6) is -2.02. The molecule has 0 N–H and O–H groups in total. The fourth-order valence-corrected chi connectivity index (χ4v) is 2.93. The van der Waals surface area contributed by atoms with Crippen molar-refractivity contribution in [3.8, 4) is 0 Å². The number of rotatable bonds is 3. The number of carbonyl (C=O) groups excluding carboxylic acids is 2. The average Bonchev–Trinajstić information content (AvgIpc) is 3.21. The molecule has 0 unspecified atom stereocenters. The average molecular weight is 306 g/mol. The van der Waals surface area contributed by atoms with Gasteiger partial charge in [-0.2, -0.15) is 13.2 Å². The lowest BCUT2D eigenvalue weighted by Gasteiger charge is -2.36. The van der Waals surface area contributed by atoms with E-state index in [0.717, 1.165) is 17.7 Å². The van der Waals surface area contributed by atoms with Crippen LogP contribution in [0.1, 0.15) is 39.5 Å². The predicted molar refractivity (Wildman–Crippen MR) is 70.4 cm³/mol. The lowest BCUT2D eigenvalue weighted by molar-refractivity contribution is -0.187. The second-order valence-corrected chi connectivity index (χ2v) is 6.13. The normalized spacial score (nSPS) is 20.8. The van der Waals surface area contributed by atoms with Gasteiger partial charge >= 0.3 is 12.1 Å². The fourth-order valence-electron chi connectivity index (χ4n) is 2.93. The number of likely N-dealkylation sites (tertiary alicyclic amines) is 1. The Balaban J connectivity index is 1.91. The van der Waals surface area contributed by atoms with Crippen LogP contribution in [0.3, 0.4) is 0 Å². The molecule has 0 aromatic rings. The van der Waals surface area contributed by atoms with E-state index >= 15 is 0 Å². The molecule has 1 saturated heterocycles. The maximum Gasteiger partial charge on any atom is 0.471 e. The van der Waals surface area contributed by atoms with Crippen molar-refractivity contribution in [3.05, 3.63) is 0 Å². The van der Waals surface area contributed by atoms with Crippen molar-refractivity contribution in [3.63, 3.8) is 0 Å². The van der Waals surface area contributed by atoms with Gasteiger partial charge in [0.2, 0.25) is 5.91 Å². The van der Waals surface area contributed by atoms with E-state index in [4.69, 9.17) is 0 Å². The summed E-state index contributed by atoms with van der Waals surface area (Å²) >= 11 is 0. The number of halogens is 3. The molecule has 1 heterocycles. The van der Waals surface area contributed by atoms with Crippen molar-refractivity contribution < 1.29 is 22.8 Å². The first kappa shape index (κ1) is 16.1. The largest absolute Gasteiger partial charge is 0.471 e. The SMILES string of the molecule is CC(C)N(C(=O)C1CCN(C(=O)C(F)(F)F)CC1)C1CC1. The zero-order chi connectivity index (χ0) is 15.8. The Hall–Kier alpha value is -1.27. The van der Waals surface area contributed by atoms with E-state index in [1.54, 1.807) is 0 Å². The van der Waals surface area contributed by atoms with Gasteiger partial charge in [-0.1, -0.05) is 0 Å². The van der Waals surface area contributed by atoms with E-state index in [0.29, 0.717) is 18.9 Å². The molecule has 2 rings (SSSR count). The third-order valence-corrected chi connectivity index (χ3v) is 4.13. The van der Waals surface area contributed by atoms with Gasteiger partial charge in [0.15, 0.2) is 0 Å². The number of hydrogen-bond donors (Lipinski definition) is 0. The minimum Gasteiger partial charge on any atom is -0.337 e. The van der Waals surface area contributed by atoms with Gasteiger partial charge in [-0.25, -0.2) is 0 Å². The van der Waals surface area contributed by atoms with Crippen LogP contribution in [0.25, 0.3) is 0 Å². The third kappa shape index (κ3) is 3.68. The van der Waals surface area contributed by atoms with Gasteiger partial charge in [-0.05, 0) is 39.5 Å². The van der Waals surface area contributed by atoms with Gasteiger partial charge in [0.1, 0.15) is 0 Å². The van der Waals surface area contributed by atoms with Crippen molar-refractivity contribution in [2.24, 2.45) is 5.92 Å². The van der Waals surface area contributed by atoms with Crippen molar-refractivity contribution >= 4 is 11.8 Å². The number of amides is 2. The number of hydrogen-bond acceptors (Lipinski definition) is 2. The van der Waals surface area contributed by atoms with Gasteiger partial charge in [0.25, 0.3) is 0 Å². The minimum atomic E-state index is -4.82. The Morgan fingerprint density at radius 2 is 1.62 bits per heavy atom. The maximum atomic E-state index is 12.5. The molecule has 1 aliphatic heterocycles. The Morgan fingerprint density at radius 1 is 1.10 bits per heavy atom. The van der Waals surface area contributed by atoms with Gasteiger partial charge in [0.05, 0.1) is 0 Å². The van der Waals surface area contributed by atoms with Crippen molar-refractivity contribution in [1.29, 1.82) is 0 Å². The summed E-state index contributed by atoms with van der Waals surface area (Å²) in [6, 6.07) is 0.409. The summed E-state index contributed by atoms with van der Waals surface area (Å²) < 4.78 is 37.1. The minimum absolute atomic E-state index is 0.00531. The molecule has 1 saturated carbocycles. The predicted octanol–water partition coefficient (Wildman–Crippen LogP) is 2.19. The molecule has 0 spiro atoms. The van der Waals surface area contributed by atoms with E-state index in [1.807, 2.05) is 18.7 Å². The summed E-state index contributed by atoms with van der Waals surface area (Å²) in [5.41, 5.74) is 0. The summed E-state index contributed by atoms with van der Waals surface area (Å²) in [7, 11) is 0. The molecule has 2 amide bonds. The van der Waals surface area contributed by atoms with Gasteiger partial charge in [-0.15, -0.1) is 0 Å². The monoisotopic (exact) mass is 306 g/mol. The van der Waals surface area contributed by atoms with E-state index < -0.39 is 12.1 Å². The molecule has 0 aromatic heterocycles. The summed E-state index contributed by atoms with van der Waals surface area (Å²) in [4.78, 5) is 26.3. The first-order valence-electron chi connectivity index (χ1n) is 7.40. The fraction of sp³-hybridized carbons (Fsp3) is 0.857. The number of alkyl halides is 3. The topological polar surface area (TPSA) is 40.6 Å². The van der Waals surface area contributed by atoms with Crippen LogP contribution in [0.5, 0.6) is 0 Å². The Morgan fingerprint density at radius 3 is 2.00 bits per heavy atom. The molecule has 1 aliphatic carbocycles. The summed E-state index contributed by atoms with van der Waals surface area (Å²) in [6.45, 7) is 3.92.